The van der Waals surface area contributed by atoms with Crippen LogP contribution in [0.5, 0.6) is 0 Å². The van der Waals surface area contributed by atoms with Crippen LogP contribution >= 0.6 is 0 Å². The summed E-state index contributed by atoms with van der Waals surface area (Å²) < 4.78 is 0. The Morgan fingerprint density at radius 2 is 1.53 bits per heavy atom. The number of rotatable bonds is 5. The van der Waals surface area contributed by atoms with Gasteiger partial charge in [0, 0.05) is 17.7 Å². The van der Waals surface area contributed by atoms with Gasteiger partial charge in [0.25, 0.3) is 0 Å². The van der Waals surface area contributed by atoms with Crippen molar-refractivity contribution in [1.82, 2.24) is 0 Å². The van der Waals surface area contributed by atoms with E-state index in [1.807, 2.05) is 48.5 Å². The molecule has 2 heteroatoms. The summed E-state index contributed by atoms with van der Waals surface area (Å²) in [6.45, 7) is 2.15. The molecule has 0 bridgehead atoms. The molecule has 0 saturated carbocycles. The SMILES string of the molecule is CCCc1ccc(C(=O)Cc2ccc(N)cc2)cc1. The number of Topliss-reactive ketones (excluding diaryl/α,β-unsaturated/α-hetero) is 1. The molecule has 0 heterocycles. The Morgan fingerprint density at radius 1 is 0.947 bits per heavy atom. The minimum atomic E-state index is 0.146. The van der Waals surface area contributed by atoms with E-state index in [0.717, 1.165) is 29.7 Å². The Kier molecular flexibility index (Phi) is 4.35. The van der Waals surface area contributed by atoms with Crippen molar-refractivity contribution in [2.75, 3.05) is 5.73 Å². The summed E-state index contributed by atoms with van der Waals surface area (Å²) in [4.78, 5) is 12.1. The van der Waals surface area contributed by atoms with Crippen LogP contribution in [-0.2, 0) is 12.8 Å². The highest BCUT2D eigenvalue weighted by Gasteiger charge is 2.06. The number of hydrogen-bond acceptors (Lipinski definition) is 2. The second-order valence-electron chi connectivity index (χ2n) is 4.79. The van der Waals surface area contributed by atoms with Crippen molar-refractivity contribution in [3.05, 3.63) is 65.2 Å². The highest BCUT2D eigenvalue weighted by Crippen LogP contribution is 2.12. The van der Waals surface area contributed by atoms with Gasteiger partial charge < -0.3 is 5.73 Å². The number of nitrogens with two attached hydrogens (primary N) is 1. The molecule has 98 valence electrons. The molecule has 2 aromatic rings. The maximum absolute atomic E-state index is 12.1. The zero-order valence-corrected chi connectivity index (χ0v) is 11.2. The average Bonchev–Trinajstić information content (AvgIpc) is 2.42. The first kappa shape index (κ1) is 13.3. The lowest BCUT2D eigenvalue weighted by atomic mass is 10.0. The van der Waals surface area contributed by atoms with Crippen LogP contribution in [0, 0.1) is 0 Å². The molecular formula is C17H19NO. The van der Waals surface area contributed by atoms with Gasteiger partial charge in [-0.2, -0.15) is 0 Å². The fraction of sp³-hybridized carbons (Fsp3) is 0.235. The van der Waals surface area contributed by atoms with E-state index in [-0.39, 0.29) is 5.78 Å². The molecule has 2 aromatic carbocycles. The van der Waals surface area contributed by atoms with Crippen LogP contribution in [0.1, 0.15) is 34.8 Å². The van der Waals surface area contributed by atoms with Gasteiger partial charge in [-0.3, -0.25) is 4.79 Å². The highest BCUT2D eigenvalue weighted by atomic mass is 16.1. The third kappa shape index (κ3) is 3.68. The topological polar surface area (TPSA) is 43.1 Å². The molecule has 0 aromatic heterocycles. The summed E-state index contributed by atoms with van der Waals surface area (Å²) in [5.41, 5.74) is 9.41. The van der Waals surface area contributed by atoms with Crippen LogP contribution in [0.2, 0.25) is 0 Å². The standard InChI is InChI=1S/C17H19NO/c1-2-3-13-4-8-15(9-5-13)17(19)12-14-6-10-16(18)11-7-14/h4-11H,2-3,12,18H2,1H3. The van der Waals surface area contributed by atoms with Gasteiger partial charge in [0.1, 0.15) is 0 Å². The number of ketones is 1. The van der Waals surface area contributed by atoms with Crippen molar-refractivity contribution in [3.8, 4) is 0 Å². The lowest BCUT2D eigenvalue weighted by Crippen LogP contribution is -2.03. The third-order valence-electron chi connectivity index (χ3n) is 3.16. The van der Waals surface area contributed by atoms with Crippen molar-refractivity contribution >= 4 is 11.5 Å². The van der Waals surface area contributed by atoms with Gasteiger partial charge in [-0.25, -0.2) is 0 Å². The highest BCUT2D eigenvalue weighted by molar-refractivity contribution is 5.97. The van der Waals surface area contributed by atoms with Crippen molar-refractivity contribution in [1.29, 1.82) is 0 Å². The molecule has 2 N–H and O–H groups in total. The summed E-state index contributed by atoms with van der Waals surface area (Å²) >= 11 is 0. The number of hydrogen-bond donors (Lipinski definition) is 1. The first-order valence-electron chi connectivity index (χ1n) is 6.65. The summed E-state index contributed by atoms with van der Waals surface area (Å²) in [7, 11) is 0. The lowest BCUT2D eigenvalue weighted by molar-refractivity contribution is 0.0993. The molecule has 0 saturated heterocycles. The Balaban J connectivity index is 2.05. The lowest BCUT2D eigenvalue weighted by Gasteiger charge is -2.04. The minimum absolute atomic E-state index is 0.146. The number of aryl methyl sites for hydroxylation is 1. The molecule has 0 aliphatic heterocycles. The molecule has 0 fully saturated rings. The van der Waals surface area contributed by atoms with Crippen LogP contribution in [0.3, 0.4) is 0 Å². The van der Waals surface area contributed by atoms with Gasteiger partial charge in [-0.1, -0.05) is 49.7 Å². The van der Waals surface area contributed by atoms with E-state index in [9.17, 15) is 4.79 Å². The molecular weight excluding hydrogens is 234 g/mol. The normalized spacial score (nSPS) is 10.4. The van der Waals surface area contributed by atoms with Gasteiger partial charge in [-0.05, 0) is 29.7 Å². The Bertz CT molecular complexity index is 540. The molecule has 0 radical (unpaired) electrons. The zero-order chi connectivity index (χ0) is 13.7. The summed E-state index contributed by atoms with van der Waals surface area (Å²) in [6.07, 6.45) is 2.61. The molecule has 0 aliphatic carbocycles. The van der Waals surface area contributed by atoms with Crippen molar-refractivity contribution < 1.29 is 4.79 Å². The smallest absolute Gasteiger partial charge is 0.167 e. The van der Waals surface area contributed by atoms with Crippen LogP contribution in [0.4, 0.5) is 5.69 Å². The monoisotopic (exact) mass is 253 g/mol. The summed E-state index contributed by atoms with van der Waals surface area (Å²) in [6, 6.07) is 15.4. The number of carbonyl (C=O) groups excluding carboxylic acids is 1. The first-order chi connectivity index (χ1) is 9.19. The van der Waals surface area contributed by atoms with Crippen LogP contribution in [0.25, 0.3) is 0 Å². The molecule has 19 heavy (non-hydrogen) atoms. The van der Waals surface area contributed by atoms with Crippen molar-refractivity contribution in [2.45, 2.75) is 26.2 Å². The number of benzene rings is 2. The van der Waals surface area contributed by atoms with E-state index in [0.29, 0.717) is 6.42 Å². The van der Waals surface area contributed by atoms with Crippen LogP contribution in [-0.4, -0.2) is 5.78 Å². The fourth-order valence-corrected chi connectivity index (χ4v) is 2.07. The fourth-order valence-electron chi connectivity index (χ4n) is 2.07. The number of nitrogen functional groups attached to an aromatic ring is 1. The van der Waals surface area contributed by atoms with Crippen molar-refractivity contribution in [3.63, 3.8) is 0 Å². The molecule has 0 spiro atoms. The Morgan fingerprint density at radius 3 is 2.11 bits per heavy atom. The number of anilines is 1. The Hall–Kier alpha value is -2.09. The maximum Gasteiger partial charge on any atom is 0.167 e. The number of carbonyl (C=O) groups is 1. The van der Waals surface area contributed by atoms with Gasteiger partial charge in [0.15, 0.2) is 5.78 Å². The largest absolute Gasteiger partial charge is 0.399 e. The second kappa shape index (κ2) is 6.19. The van der Waals surface area contributed by atoms with E-state index in [1.165, 1.54) is 5.56 Å². The minimum Gasteiger partial charge on any atom is -0.399 e. The molecule has 2 rings (SSSR count). The molecule has 0 atom stereocenters. The van der Waals surface area contributed by atoms with Crippen molar-refractivity contribution in [2.24, 2.45) is 0 Å². The molecule has 0 aliphatic rings. The zero-order valence-electron chi connectivity index (χ0n) is 11.2. The van der Waals surface area contributed by atoms with E-state index in [1.54, 1.807) is 0 Å². The summed E-state index contributed by atoms with van der Waals surface area (Å²) in [5, 5.41) is 0. The third-order valence-corrected chi connectivity index (χ3v) is 3.16. The van der Waals surface area contributed by atoms with Crippen LogP contribution in [0.15, 0.2) is 48.5 Å². The molecule has 0 unspecified atom stereocenters. The van der Waals surface area contributed by atoms with E-state index >= 15 is 0 Å². The van der Waals surface area contributed by atoms with E-state index in [2.05, 4.69) is 6.92 Å². The van der Waals surface area contributed by atoms with E-state index in [4.69, 9.17) is 5.73 Å². The van der Waals surface area contributed by atoms with Crippen LogP contribution < -0.4 is 5.73 Å². The van der Waals surface area contributed by atoms with E-state index < -0.39 is 0 Å². The molecule has 2 nitrogen and oxygen atoms in total. The van der Waals surface area contributed by atoms with Gasteiger partial charge in [-0.15, -0.1) is 0 Å². The average molecular weight is 253 g/mol. The van der Waals surface area contributed by atoms with Gasteiger partial charge in [0.2, 0.25) is 0 Å². The predicted octanol–water partition coefficient (Wildman–Crippen LogP) is 3.65. The maximum atomic E-state index is 12.1. The Labute approximate surface area is 114 Å². The van der Waals surface area contributed by atoms with Gasteiger partial charge in [0.05, 0.1) is 0 Å². The van der Waals surface area contributed by atoms with Gasteiger partial charge >= 0.3 is 0 Å². The quantitative estimate of drug-likeness (QED) is 0.653. The first-order valence-corrected chi connectivity index (χ1v) is 6.65. The predicted molar refractivity (Wildman–Crippen MR) is 79.3 cm³/mol. The second-order valence-corrected chi connectivity index (χ2v) is 4.79. The molecule has 0 amide bonds. The summed E-state index contributed by atoms with van der Waals surface area (Å²) in [5.74, 6) is 0.146.